The molecule has 2 aliphatic heterocycles. The molecule has 2 saturated carbocycles. The van der Waals surface area contributed by atoms with E-state index in [4.69, 9.17) is 5.73 Å². The van der Waals surface area contributed by atoms with Crippen molar-refractivity contribution in [1.29, 1.82) is 0 Å². The fourth-order valence-corrected chi connectivity index (χ4v) is 5.39. The van der Waals surface area contributed by atoms with Crippen LogP contribution in [-0.4, -0.2) is 58.9 Å². The summed E-state index contributed by atoms with van der Waals surface area (Å²) in [5, 5.41) is 2.91. The molecule has 2 saturated heterocycles. The second-order valence-electron chi connectivity index (χ2n) is 8.40. The number of carbonyl (C=O) groups excluding carboxylic acids is 3. The predicted molar refractivity (Wildman–Crippen MR) is 98.6 cm³/mol. The van der Waals surface area contributed by atoms with Crippen LogP contribution in [0.3, 0.4) is 0 Å². The number of hydrogen-bond acceptors (Lipinski definition) is 4. The van der Waals surface area contributed by atoms with Gasteiger partial charge in [-0.15, -0.1) is 12.4 Å². The van der Waals surface area contributed by atoms with Crippen LogP contribution in [-0.2, 0) is 9.59 Å². The minimum absolute atomic E-state index is 0. The van der Waals surface area contributed by atoms with Gasteiger partial charge in [0.1, 0.15) is 12.1 Å². The molecule has 4 rings (SSSR count). The van der Waals surface area contributed by atoms with Crippen molar-refractivity contribution < 1.29 is 14.4 Å². The van der Waals surface area contributed by atoms with Crippen LogP contribution < -0.4 is 11.1 Å². The topological polar surface area (TPSA) is 95.7 Å². The Morgan fingerprint density at radius 1 is 1.23 bits per heavy atom. The Kier molecular flexibility index (Phi) is 5.23. The number of nitrogens with one attached hydrogen (secondary N) is 1. The van der Waals surface area contributed by atoms with Crippen LogP contribution in [0.1, 0.15) is 45.4 Å². The van der Waals surface area contributed by atoms with Crippen LogP contribution >= 0.6 is 12.4 Å². The van der Waals surface area contributed by atoms with Crippen molar-refractivity contribution in [2.24, 2.45) is 23.5 Å². The Morgan fingerprint density at radius 2 is 2.00 bits per heavy atom. The zero-order valence-corrected chi connectivity index (χ0v) is 16.1. The van der Waals surface area contributed by atoms with Gasteiger partial charge in [0.2, 0.25) is 5.91 Å². The van der Waals surface area contributed by atoms with E-state index in [-0.39, 0.29) is 42.7 Å². The average molecular weight is 385 g/mol. The summed E-state index contributed by atoms with van der Waals surface area (Å²) in [7, 11) is 0. The fraction of sp³-hybridized carbons (Fsp3) is 0.833. The Hall–Kier alpha value is -1.34. The van der Waals surface area contributed by atoms with E-state index >= 15 is 0 Å². The van der Waals surface area contributed by atoms with Crippen molar-refractivity contribution >= 4 is 30.3 Å². The van der Waals surface area contributed by atoms with Gasteiger partial charge < -0.3 is 16.0 Å². The smallest absolute Gasteiger partial charge is 0.325 e. The Balaban J connectivity index is 0.00000196. The Labute approximate surface area is 160 Å². The lowest BCUT2D eigenvalue weighted by atomic mass is 9.73. The van der Waals surface area contributed by atoms with Crippen molar-refractivity contribution in [2.75, 3.05) is 19.6 Å². The van der Waals surface area contributed by atoms with E-state index in [1.807, 2.05) is 6.92 Å². The molecule has 0 bridgehead atoms. The highest BCUT2D eigenvalue weighted by atomic mass is 35.5. The molecule has 5 unspecified atom stereocenters. The van der Waals surface area contributed by atoms with Crippen molar-refractivity contribution in [1.82, 2.24) is 15.1 Å². The van der Waals surface area contributed by atoms with Crippen LogP contribution in [0, 0.1) is 17.8 Å². The first-order chi connectivity index (χ1) is 11.9. The number of amides is 4. The quantitative estimate of drug-likeness (QED) is 0.697. The maximum Gasteiger partial charge on any atom is 0.325 e. The SMILES string of the molecule is CC1CCCCC12NC(=O)N(CC(=O)N1CC3CCC(N)C3C1)C2=O.Cl. The molecule has 5 atom stereocenters. The maximum absolute atomic E-state index is 13.0. The molecular weight excluding hydrogens is 356 g/mol. The molecule has 7 nitrogen and oxygen atoms in total. The number of urea groups is 1. The van der Waals surface area contributed by atoms with Gasteiger partial charge in [-0.3, -0.25) is 14.5 Å². The van der Waals surface area contributed by atoms with Crippen LogP contribution in [0.15, 0.2) is 0 Å². The Morgan fingerprint density at radius 3 is 2.69 bits per heavy atom. The number of fused-ring (bicyclic) bond motifs is 1. The molecule has 8 heteroatoms. The highest BCUT2D eigenvalue weighted by Gasteiger charge is 2.55. The summed E-state index contributed by atoms with van der Waals surface area (Å²) < 4.78 is 0. The number of nitrogens with two attached hydrogens (primary N) is 1. The molecule has 146 valence electrons. The summed E-state index contributed by atoms with van der Waals surface area (Å²) in [6.07, 6.45) is 5.73. The zero-order valence-electron chi connectivity index (χ0n) is 15.3. The molecule has 0 aromatic carbocycles. The third-order valence-corrected chi connectivity index (χ3v) is 7.06. The molecule has 2 heterocycles. The molecular formula is C18H29ClN4O3. The maximum atomic E-state index is 13.0. The standard InChI is InChI=1S/C18H28N4O3.ClH/c1-11-4-2-3-7-18(11)16(24)22(17(25)20-18)10-15(23)21-8-12-5-6-14(19)13(12)9-21;/h11-14H,2-10,19H2,1H3,(H,20,25);1H. The van der Waals surface area contributed by atoms with E-state index in [9.17, 15) is 14.4 Å². The summed E-state index contributed by atoms with van der Waals surface area (Å²) in [6.45, 7) is 3.25. The van der Waals surface area contributed by atoms with E-state index in [1.54, 1.807) is 4.90 Å². The van der Waals surface area contributed by atoms with E-state index in [0.29, 0.717) is 31.3 Å². The first-order valence-corrected chi connectivity index (χ1v) is 9.60. The van der Waals surface area contributed by atoms with Gasteiger partial charge in [0.25, 0.3) is 5.91 Å². The number of nitrogens with zero attached hydrogens (tertiary/aromatic N) is 2. The fourth-order valence-electron chi connectivity index (χ4n) is 5.39. The number of halogens is 1. The van der Waals surface area contributed by atoms with Gasteiger partial charge in [-0.05, 0) is 43.4 Å². The molecule has 0 aromatic heterocycles. The third-order valence-electron chi connectivity index (χ3n) is 7.06. The molecule has 4 fully saturated rings. The summed E-state index contributed by atoms with van der Waals surface area (Å²) >= 11 is 0. The van der Waals surface area contributed by atoms with Gasteiger partial charge in [0.15, 0.2) is 0 Å². The average Bonchev–Trinajstić information content (AvgIpc) is 3.22. The second kappa shape index (κ2) is 7.00. The van der Waals surface area contributed by atoms with E-state index < -0.39 is 11.6 Å². The molecule has 26 heavy (non-hydrogen) atoms. The van der Waals surface area contributed by atoms with Crippen LogP contribution in [0.2, 0.25) is 0 Å². The van der Waals surface area contributed by atoms with Crippen molar-refractivity contribution in [3.8, 4) is 0 Å². The zero-order chi connectivity index (χ0) is 17.8. The second-order valence-corrected chi connectivity index (χ2v) is 8.40. The van der Waals surface area contributed by atoms with Gasteiger partial charge in [-0.1, -0.05) is 19.8 Å². The number of rotatable bonds is 2. The van der Waals surface area contributed by atoms with Crippen molar-refractivity contribution in [3.63, 3.8) is 0 Å². The van der Waals surface area contributed by atoms with Gasteiger partial charge in [0.05, 0.1) is 0 Å². The lowest BCUT2D eigenvalue weighted by Crippen LogP contribution is -2.54. The van der Waals surface area contributed by atoms with Crippen molar-refractivity contribution in [2.45, 2.75) is 57.0 Å². The first kappa shape index (κ1) is 19.4. The van der Waals surface area contributed by atoms with Gasteiger partial charge in [0, 0.05) is 19.1 Å². The third kappa shape index (κ3) is 2.89. The van der Waals surface area contributed by atoms with Crippen molar-refractivity contribution in [3.05, 3.63) is 0 Å². The lowest BCUT2D eigenvalue weighted by molar-refractivity contribution is -0.140. The molecule has 2 aliphatic carbocycles. The normalized spacial score (nSPS) is 39.2. The molecule has 4 amide bonds. The number of hydrogen-bond donors (Lipinski definition) is 2. The molecule has 0 radical (unpaired) electrons. The van der Waals surface area contributed by atoms with Gasteiger partial charge in [-0.2, -0.15) is 0 Å². The monoisotopic (exact) mass is 384 g/mol. The molecule has 3 N–H and O–H groups in total. The largest absolute Gasteiger partial charge is 0.341 e. The van der Waals surface area contributed by atoms with Gasteiger partial charge in [-0.25, -0.2) is 4.79 Å². The number of imide groups is 1. The van der Waals surface area contributed by atoms with Gasteiger partial charge >= 0.3 is 6.03 Å². The summed E-state index contributed by atoms with van der Waals surface area (Å²) in [6, 6.07) is -0.242. The van der Waals surface area contributed by atoms with Crippen LogP contribution in [0.4, 0.5) is 4.79 Å². The lowest BCUT2D eigenvalue weighted by Gasteiger charge is -2.36. The van der Waals surface area contributed by atoms with Crippen LogP contribution in [0.25, 0.3) is 0 Å². The van der Waals surface area contributed by atoms with E-state index in [2.05, 4.69) is 5.32 Å². The van der Waals surface area contributed by atoms with E-state index in [1.165, 1.54) is 0 Å². The molecule has 0 aromatic rings. The molecule has 4 aliphatic rings. The predicted octanol–water partition coefficient (Wildman–Crippen LogP) is 1.10. The number of likely N-dealkylation sites (tertiary alicyclic amines) is 1. The minimum Gasteiger partial charge on any atom is -0.341 e. The Bertz CT molecular complexity index is 615. The summed E-state index contributed by atoms with van der Waals surface area (Å²) in [5.41, 5.74) is 5.34. The summed E-state index contributed by atoms with van der Waals surface area (Å²) in [5.74, 6) is 0.616. The van der Waals surface area contributed by atoms with E-state index in [0.717, 1.165) is 37.0 Å². The highest BCUT2D eigenvalue weighted by Crippen LogP contribution is 2.39. The molecule has 1 spiro atoms. The minimum atomic E-state index is -0.792. The number of carbonyl (C=O) groups is 3. The summed E-state index contributed by atoms with van der Waals surface area (Å²) in [4.78, 5) is 41.0. The first-order valence-electron chi connectivity index (χ1n) is 9.60. The van der Waals surface area contributed by atoms with Crippen LogP contribution in [0.5, 0.6) is 0 Å². The highest BCUT2D eigenvalue weighted by molar-refractivity contribution is 6.09.